The van der Waals surface area contributed by atoms with Crippen LogP contribution in [0.2, 0.25) is 5.02 Å². The van der Waals surface area contributed by atoms with Gasteiger partial charge in [-0.25, -0.2) is 0 Å². The number of benzene rings is 2. The highest BCUT2D eigenvalue weighted by Crippen LogP contribution is 2.23. The number of likely N-dealkylation sites (N-methyl/N-ethyl adjacent to an activating group) is 1. The molecule has 0 spiro atoms. The number of aliphatic hydroxyl groups is 1. The second kappa shape index (κ2) is 7.24. The molecule has 0 amide bonds. The zero-order valence-corrected chi connectivity index (χ0v) is 12.6. The molecule has 2 rings (SSSR count). The molecule has 2 aromatic rings. The van der Waals surface area contributed by atoms with Crippen molar-refractivity contribution in [2.75, 3.05) is 13.6 Å². The van der Waals surface area contributed by atoms with Gasteiger partial charge < -0.3 is 5.11 Å². The van der Waals surface area contributed by atoms with Gasteiger partial charge in [0.2, 0.25) is 0 Å². The summed E-state index contributed by atoms with van der Waals surface area (Å²) in [4.78, 5) is 2.02. The zero-order valence-electron chi connectivity index (χ0n) is 11.8. The van der Waals surface area contributed by atoms with Crippen molar-refractivity contribution >= 4 is 11.6 Å². The van der Waals surface area contributed by atoms with Crippen LogP contribution in [0.5, 0.6) is 0 Å². The highest BCUT2D eigenvalue weighted by atomic mass is 35.5. The average molecular weight is 301 g/mol. The first-order valence-electron chi connectivity index (χ1n) is 6.70. The van der Waals surface area contributed by atoms with Crippen LogP contribution in [0.15, 0.2) is 48.5 Å². The monoisotopic (exact) mass is 300 g/mol. The quantitative estimate of drug-likeness (QED) is 0.921. The third kappa shape index (κ3) is 4.30. The Kier molecular flexibility index (Phi) is 5.35. The van der Waals surface area contributed by atoms with Gasteiger partial charge in [-0.1, -0.05) is 41.9 Å². The van der Waals surface area contributed by atoms with Gasteiger partial charge in [0.15, 0.2) is 0 Å². The lowest BCUT2D eigenvalue weighted by molar-refractivity contribution is 0.124. The van der Waals surface area contributed by atoms with Gasteiger partial charge in [-0.15, -0.1) is 0 Å². The Morgan fingerprint density at radius 3 is 2.48 bits per heavy atom. The summed E-state index contributed by atoms with van der Waals surface area (Å²) in [6.45, 7) is 1.19. The van der Waals surface area contributed by atoms with Crippen molar-refractivity contribution in [3.63, 3.8) is 0 Å². The fraction of sp³-hybridized carbons (Fsp3) is 0.235. The van der Waals surface area contributed by atoms with Crippen molar-refractivity contribution in [1.82, 2.24) is 4.90 Å². The SMILES string of the molecule is CN(Cc1ccc(C#N)cc1)CC(O)c1ccccc1Cl. The summed E-state index contributed by atoms with van der Waals surface area (Å²) in [5, 5.41) is 19.6. The molecule has 0 saturated heterocycles. The van der Waals surface area contributed by atoms with Gasteiger partial charge in [0.05, 0.1) is 17.7 Å². The lowest BCUT2D eigenvalue weighted by Gasteiger charge is -2.21. The Balaban J connectivity index is 1.96. The summed E-state index contributed by atoms with van der Waals surface area (Å²) >= 11 is 6.09. The summed E-state index contributed by atoms with van der Waals surface area (Å²) in [7, 11) is 1.94. The zero-order chi connectivity index (χ0) is 15.2. The molecule has 0 saturated carbocycles. The number of hydrogen-bond acceptors (Lipinski definition) is 3. The highest BCUT2D eigenvalue weighted by molar-refractivity contribution is 6.31. The molecule has 1 unspecified atom stereocenters. The van der Waals surface area contributed by atoms with Crippen LogP contribution in [-0.4, -0.2) is 23.6 Å². The maximum absolute atomic E-state index is 10.3. The molecule has 21 heavy (non-hydrogen) atoms. The molecular formula is C17H17ClN2O. The minimum Gasteiger partial charge on any atom is -0.387 e. The molecule has 1 atom stereocenters. The maximum Gasteiger partial charge on any atom is 0.0991 e. The van der Waals surface area contributed by atoms with Gasteiger partial charge in [0.25, 0.3) is 0 Å². The summed E-state index contributed by atoms with van der Waals surface area (Å²) in [6, 6.07) is 16.9. The number of halogens is 1. The van der Waals surface area contributed by atoms with E-state index in [0.29, 0.717) is 23.7 Å². The van der Waals surface area contributed by atoms with E-state index < -0.39 is 6.10 Å². The summed E-state index contributed by atoms with van der Waals surface area (Å²) in [5.74, 6) is 0. The van der Waals surface area contributed by atoms with Crippen molar-refractivity contribution in [3.8, 4) is 6.07 Å². The van der Waals surface area contributed by atoms with E-state index in [1.54, 1.807) is 18.2 Å². The van der Waals surface area contributed by atoms with Crippen molar-refractivity contribution in [2.45, 2.75) is 12.6 Å². The molecule has 0 aliphatic rings. The molecule has 2 aromatic carbocycles. The topological polar surface area (TPSA) is 47.3 Å². The van der Waals surface area contributed by atoms with Crippen LogP contribution in [0.4, 0.5) is 0 Å². The van der Waals surface area contributed by atoms with Crippen molar-refractivity contribution in [3.05, 3.63) is 70.2 Å². The molecule has 0 aromatic heterocycles. The normalized spacial score (nSPS) is 12.1. The summed E-state index contributed by atoms with van der Waals surface area (Å²) in [5.41, 5.74) is 2.49. The van der Waals surface area contributed by atoms with E-state index in [9.17, 15) is 5.11 Å². The van der Waals surface area contributed by atoms with Gasteiger partial charge in [-0.2, -0.15) is 5.26 Å². The van der Waals surface area contributed by atoms with Crippen LogP contribution in [0.1, 0.15) is 22.8 Å². The number of aliphatic hydroxyl groups excluding tert-OH is 1. The van der Waals surface area contributed by atoms with Crippen molar-refractivity contribution < 1.29 is 5.11 Å². The molecule has 0 aliphatic heterocycles. The van der Waals surface area contributed by atoms with Gasteiger partial charge in [0.1, 0.15) is 0 Å². The number of rotatable bonds is 5. The molecule has 1 N–H and O–H groups in total. The van der Waals surface area contributed by atoms with Crippen molar-refractivity contribution in [2.24, 2.45) is 0 Å². The molecule has 0 bridgehead atoms. The second-order valence-electron chi connectivity index (χ2n) is 5.04. The number of nitriles is 1. The fourth-order valence-electron chi connectivity index (χ4n) is 2.20. The third-order valence-corrected chi connectivity index (χ3v) is 3.63. The van der Waals surface area contributed by atoms with Gasteiger partial charge in [-0.3, -0.25) is 4.90 Å². The summed E-state index contributed by atoms with van der Waals surface area (Å²) in [6.07, 6.45) is -0.623. The van der Waals surface area contributed by atoms with E-state index in [0.717, 1.165) is 11.1 Å². The Morgan fingerprint density at radius 2 is 1.86 bits per heavy atom. The van der Waals surface area contributed by atoms with E-state index in [4.69, 9.17) is 16.9 Å². The molecule has 108 valence electrons. The number of nitrogens with zero attached hydrogens (tertiary/aromatic N) is 2. The predicted molar refractivity (Wildman–Crippen MR) is 83.9 cm³/mol. The van der Waals surface area contributed by atoms with Crippen LogP contribution in [0.25, 0.3) is 0 Å². The maximum atomic E-state index is 10.3. The van der Waals surface area contributed by atoms with Gasteiger partial charge in [-0.05, 0) is 30.8 Å². The van der Waals surface area contributed by atoms with Crippen LogP contribution >= 0.6 is 11.6 Å². The molecular weight excluding hydrogens is 284 g/mol. The minimum atomic E-state index is -0.623. The molecule has 0 aliphatic carbocycles. The van der Waals surface area contributed by atoms with Crippen LogP contribution < -0.4 is 0 Å². The van der Waals surface area contributed by atoms with E-state index in [1.807, 2.05) is 42.3 Å². The Labute approximate surface area is 130 Å². The van der Waals surface area contributed by atoms with Crippen LogP contribution in [-0.2, 0) is 6.54 Å². The third-order valence-electron chi connectivity index (χ3n) is 3.28. The smallest absolute Gasteiger partial charge is 0.0991 e. The Morgan fingerprint density at radius 1 is 1.19 bits per heavy atom. The van der Waals surface area contributed by atoms with Crippen LogP contribution in [0.3, 0.4) is 0 Å². The van der Waals surface area contributed by atoms with Gasteiger partial charge in [0, 0.05) is 23.7 Å². The van der Waals surface area contributed by atoms with Crippen LogP contribution in [0, 0.1) is 11.3 Å². The van der Waals surface area contributed by atoms with E-state index in [1.165, 1.54) is 0 Å². The first-order chi connectivity index (χ1) is 10.1. The Bertz CT molecular complexity index is 634. The second-order valence-corrected chi connectivity index (χ2v) is 5.45. The first-order valence-corrected chi connectivity index (χ1v) is 7.08. The average Bonchev–Trinajstić information content (AvgIpc) is 2.48. The van der Waals surface area contributed by atoms with E-state index >= 15 is 0 Å². The molecule has 3 nitrogen and oxygen atoms in total. The van der Waals surface area contributed by atoms with E-state index in [-0.39, 0.29) is 0 Å². The first kappa shape index (κ1) is 15.5. The number of hydrogen-bond donors (Lipinski definition) is 1. The lowest BCUT2D eigenvalue weighted by Crippen LogP contribution is -2.24. The van der Waals surface area contributed by atoms with E-state index in [2.05, 4.69) is 6.07 Å². The minimum absolute atomic E-state index is 0.490. The Hall–Kier alpha value is -1.86. The molecule has 0 fully saturated rings. The predicted octanol–water partition coefficient (Wildman–Crippen LogP) is 3.38. The van der Waals surface area contributed by atoms with Gasteiger partial charge >= 0.3 is 0 Å². The summed E-state index contributed by atoms with van der Waals surface area (Å²) < 4.78 is 0. The molecule has 0 heterocycles. The lowest BCUT2D eigenvalue weighted by atomic mass is 10.1. The largest absolute Gasteiger partial charge is 0.387 e. The fourth-order valence-corrected chi connectivity index (χ4v) is 2.46. The van der Waals surface area contributed by atoms with Crippen molar-refractivity contribution in [1.29, 1.82) is 5.26 Å². The highest BCUT2D eigenvalue weighted by Gasteiger charge is 2.13. The molecule has 4 heteroatoms. The molecule has 0 radical (unpaired) electrons. The standard InChI is InChI=1S/C17H17ClN2O/c1-20(11-14-8-6-13(10-19)7-9-14)12-17(21)15-4-2-3-5-16(15)18/h2-9,17,21H,11-12H2,1H3.